The maximum atomic E-state index is 9.44. The fourth-order valence-corrected chi connectivity index (χ4v) is 4.57. The van der Waals surface area contributed by atoms with Crippen LogP contribution in [-0.4, -0.2) is 24.9 Å². The van der Waals surface area contributed by atoms with Crippen LogP contribution < -0.4 is 15.4 Å². The SMILES string of the molecule is CC(C)(C#N)CCC1COc2ccccc2C1N=C1NC=NC2NC(C3CC3)=CC12. The van der Waals surface area contributed by atoms with Crippen molar-refractivity contribution in [1.82, 2.24) is 10.6 Å². The van der Waals surface area contributed by atoms with Crippen molar-refractivity contribution in [3.8, 4) is 11.8 Å². The molecule has 0 radical (unpaired) electrons. The summed E-state index contributed by atoms with van der Waals surface area (Å²) in [6.45, 7) is 4.64. The molecule has 30 heavy (non-hydrogen) atoms. The van der Waals surface area contributed by atoms with E-state index in [0.29, 0.717) is 12.5 Å². The molecule has 156 valence electrons. The maximum absolute atomic E-state index is 9.44. The first-order chi connectivity index (χ1) is 14.5. The highest BCUT2D eigenvalue weighted by Gasteiger charge is 2.40. The van der Waals surface area contributed by atoms with Crippen LogP contribution in [0.3, 0.4) is 0 Å². The summed E-state index contributed by atoms with van der Waals surface area (Å²) < 4.78 is 6.07. The van der Waals surface area contributed by atoms with Gasteiger partial charge in [-0.25, -0.2) is 4.99 Å². The van der Waals surface area contributed by atoms with Gasteiger partial charge in [0.05, 0.1) is 36.4 Å². The van der Waals surface area contributed by atoms with Crippen LogP contribution >= 0.6 is 0 Å². The van der Waals surface area contributed by atoms with Crippen LogP contribution in [0, 0.1) is 34.5 Å². The zero-order chi connectivity index (χ0) is 20.7. The van der Waals surface area contributed by atoms with Gasteiger partial charge in [0, 0.05) is 17.2 Å². The van der Waals surface area contributed by atoms with E-state index >= 15 is 0 Å². The molecule has 1 aliphatic carbocycles. The number of nitrogens with zero attached hydrogens (tertiary/aromatic N) is 3. The molecule has 0 aromatic heterocycles. The quantitative estimate of drug-likeness (QED) is 0.780. The van der Waals surface area contributed by atoms with Gasteiger partial charge in [0.25, 0.3) is 0 Å². The highest BCUT2D eigenvalue weighted by Crippen LogP contribution is 2.43. The molecule has 4 atom stereocenters. The number of aliphatic imine (C=N–C) groups is 2. The van der Waals surface area contributed by atoms with Crippen LogP contribution in [0.25, 0.3) is 0 Å². The Morgan fingerprint density at radius 1 is 1.30 bits per heavy atom. The number of hydrogen-bond acceptors (Lipinski definition) is 5. The molecule has 0 amide bonds. The number of amidine groups is 1. The van der Waals surface area contributed by atoms with Gasteiger partial charge in [0.15, 0.2) is 0 Å². The molecule has 1 saturated carbocycles. The second-order valence-corrected chi connectivity index (χ2v) is 9.54. The molecule has 4 unspecified atom stereocenters. The third-order valence-corrected chi connectivity index (χ3v) is 6.65. The maximum Gasteiger partial charge on any atom is 0.133 e. The minimum Gasteiger partial charge on any atom is -0.493 e. The Bertz CT molecular complexity index is 953. The lowest BCUT2D eigenvalue weighted by atomic mass is 9.81. The van der Waals surface area contributed by atoms with Gasteiger partial charge < -0.3 is 15.4 Å². The molecule has 3 aliphatic heterocycles. The van der Waals surface area contributed by atoms with Crippen LogP contribution in [0.2, 0.25) is 0 Å². The molecule has 0 spiro atoms. The molecule has 6 nitrogen and oxygen atoms in total. The summed E-state index contributed by atoms with van der Waals surface area (Å²) in [6.07, 6.45) is 8.42. The summed E-state index contributed by atoms with van der Waals surface area (Å²) >= 11 is 0. The van der Waals surface area contributed by atoms with Crippen LogP contribution in [-0.2, 0) is 0 Å². The summed E-state index contributed by atoms with van der Waals surface area (Å²) in [5, 5.41) is 16.4. The van der Waals surface area contributed by atoms with Gasteiger partial charge >= 0.3 is 0 Å². The minimum atomic E-state index is -0.341. The molecule has 1 fully saturated rings. The van der Waals surface area contributed by atoms with Gasteiger partial charge in [-0.2, -0.15) is 5.26 Å². The molecular weight excluding hydrogens is 374 g/mol. The molecule has 3 heterocycles. The Morgan fingerprint density at radius 3 is 2.93 bits per heavy atom. The fourth-order valence-electron chi connectivity index (χ4n) is 4.57. The second kappa shape index (κ2) is 7.46. The van der Waals surface area contributed by atoms with Crippen molar-refractivity contribution in [2.24, 2.45) is 33.2 Å². The third-order valence-electron chi connectivity index (χ3n) is 6.65. The monoisotopic (exact) mass is 403 g/mol. The van der Waals surface area contributed by atoms with E-state index in [1.54, 1.807) is 6.34 Å². The predicted octanol–water partition coefficient (Wildman–Crippen LogP) is 3.94. The van der Waals surface area contributed by atoms with Gasteiger partial charge in [-0.1, -0.05) is 24.3 Å². The number of para-hydroxylation sites is 1. The minimum absolute atomic E-state index is 0.0115. The van der Waals surface area contributed by atoms with E-state index in [-0.39, 0.29) is 29.5 Å². The lowest BCUT2D eigenvalue weighted by molar-refractivity contribution is 0.175. The first kappa shape index (κ1) is 19.2. The van der Waals surface area contributed by atoms with Crippen molar-refractivity contribution in [2.45, 2.75) is 51.7 Å². The first-order valence-corrected chi connectivity index (χ1v) is 11.0. The van der Waals surface area contributed by atoms with E-state index in [4.69, 9.17) is 9.73 Å². The van der Waals surface area contributed by atoms with Crippen LogP contribution in [0.4, 0.5) is 0 Å². The fraction of sp³-hybridized carbons (Fsp3) is 0.542. The normalized spacial score (nSPS) is 31.0. The van der Waals surface area contributed by atoms with Gasteiger partial charge in [0.2, 0.25) is 0 Å². The van der Waals surface area contributed by atoms with E-state index in [1.165, 1.54) is 18.5 Å². The number of fused-ring (bicyclic) bond motifs is 2. The summed E-state index contributed by atoms with van der Waals surface area (Å²) in [6, 6.07) is 10.6. The number of rotatable bonds is 5. The molecule has 6 heteroatoms. The number of benzene rings is 1. The molecule has 0 bridgehead atoms. The Morgan fingerprint density at radius 2 is 2.13 bits per heavy atom. The average Bonchev–Trinajstić information content (AvgIpc) is 3.52. The molecule has 1 aromatic rings. The number of hydrogen-bond donors (Lipinski definition) is 2. The van der Waals surface area contributed by atoms with E-state index < -0.39 is 0 Å². The lowest BCUT2D eigenvalue weighted by Gasteiger charge is -2.34. The zero-order valence-corrected chi connectivity index (χ0v) is 17.6. The molecule has 1 aromatic carbocycles. The van der Waals surface area contributed by atoms with Crippen molar-refractivity contribution in [3.05, 3.63) is 41.6 Å². The van der Waals surface area contributed by atoms with Crippen molar-refractivity contribution in [2.75, 3.05) is 6.61 Å². The van der Waals surface area contributed by atoms with Gasteiger partial charge in [-0.15, -0.1) is 0 Å². The van der Waals surface area contributed by atoms with Crippen molar-refractivity contribution in [3.63, 3.8) is 0 Å². The van der Waals surface area contributed by atoms with Crippen molar-refractivity contribution >= 4 is 12.2 Å². The number of nitrogens with one attached hydrogen (secondary N) is 2. The molecule has 4 aliphatic rings. The average molecular weight is 404 g/mol. The summed E-state index contributed by atoms with van der Waals surface area (Å²) in [5.41, 5.74) is 2.12. The molecular formula is C24H29N5O. The van der Waals surface area contributed by atoms with Crippen molar-refractivity contribution in [1.29, 1.82) is 5.26 Å². The van der Waals surface area contributed by atoms with Gasteiger partial charge in [0.1, 0.15) is 17.8 Å². The lowest BCUT2D eigenvalue weighted by Crippen LogP contribution is -2.43. The Balaban J connectivity index is 1.45. The van der Waals surface area contributed by atoms with Crippen molar-refractivity contribution < 1.29 is 4.74 Å². The zero-order valence-electron chi connectivity index (χ0n) is 17.6. The van der Waals surface area contributed by atoms with Crippen LogP contribution in [0.1, 0.15) is 51.1 Å². The Hall–Kier alpha value is -2.81. The van der Waals surface area contributed by atoms with Crippen LogP contribution in [0.5, 0.6) is 5.75 Å². The molecule has 5 rings (SSSR count). The molecule has 0 saturated heterocycles. The predicted molar refractivity (Wildman–Crippen MR) is 117 cm³/mol. The second-order valence-electron chi connectivity index (χ2n) is 9.54. The van der Waals surface area contributed by atoms with E-state index in [0.717, 1.165) is 30.0 Å². The van der Waals surface area contributed by atoms with E-state index in [2.05, 4.69) is 39.9 Å². The number of allylic oxidation sites excluding steroid dienone is 1. The number of nitriles is 1. The Kier molecular flexibility index (Phi) is 4.77. The summed E-state index contributed by atoms with van der Waals surface area (Å²) in [4.78, 5) is 9.87. The largest absolute Gasteiger partial charge is 0.493 e. The highest BCUT2D eigenvalue weighted by atomic mass is 16.5. The van der Waals surface area contributed by atoms with Gasteiger partial charge in [-0.05, 0) is 51.5 Å². The third kappa shape index (κ3) is 3.69. The van der Waals surface area contributed by atoms with E-state index in [1.807, 2.05) is 26.0 Å². The topological polar surface area (TPSA) is 81.8 Å². The van der Waals surface area contributed by atoms with Gasteiger partial charge in [-0.3, -0.25) is 4.99 Å². The standard InChI is InChI=1S/C24H29N5O/c1-24(2,13-25)10-9-16-12-30-20-6-4-3-5-17(20)21(16)29-23-18-11-19(15-7-8-15)28-22(18)26-14-27-23/h3-6,11,14-16,18,21-22,28H,7-10,12H2,1-2H3,(H,26,27,29). The summed E-state index contributed by atoms with van der Waals surface area (Å²) in [5.74, 6) is 2.96. The highest BCUT2D eigenvalue weighted by molar-refractivity contribution is 5.97. The summed E-state index contributed by atoms with van der Waals surface area (Å²) in [7, 11) is 0. The first-order valence-electron chi connectivity index (χ1n) is 11.0. The molecule has 2 N–H and O–H groups in total. The Labute approximate surface area is 178 Å². The van der Waals surface area contributed by atoms with E-state index in [9.17, 15) is 5.26 Å². The smallest absolute Gasteiger partial charge is 0.133 e. The number of ether oxygens (including phenoxy) is 1. The van der Waals surface area contributed by atoms with Crippen LogP contribution in [0.15, 0.2) is 46.0 Å².